The van der Waals surface area contributed by atoms with Crippen LogP contribution in [0, 0.1) is 0 Å². The SMILES string of the molecule is COCc1ccc(-c2cc(Oc3ccccc3)nc(NS(=O)(=O)c3ccccc3)n2)cc1. The average molecular weight is 448 g/mol. The van der Waals surface area contributed by atoms with Gasteiger partial charge in [0.05, 0.1) is 17.2 Å². The Labute approximate surface area is 186 Å². The molecule has 0 aliphatic heterocycles. The Bertz CT molecular complexity index is 1280. The first-order valence-corrected chi connectivity index (χ1v) is 11.3. The molecular weight excluding hydrogens is 426 g/mol. The second-order valence-electron chi connectivity index (χ2n) is 6.88. The number of hydrogen-bond donors (Lipinski definition) is 1. The molecule has 4 aromatic rings. The van der Waals surface area contributed by atoms with Crippen molar-refractivity contribution in [2.75, 3.05) is 11.8 Å². The van der Waals surface area contributed by atoms with Crippen LogP contribution in [0.15, 0.2) is 95.9 Å². The number of aromatic nitrogens is 2. The second kappa shape index (κ2) is 9.59. The van der Waals surface area contributed by atoms with Crippen LogP contribution in [-0.2, 0) is 21.4 Å². The molecule has 1 aromatic heterocycles. The summed E-state index contributed by atoms with van der Waals surface area (Å²) in [5.74, 6) is 0.704. The van der Waals surface area contributed by atoms with Crippen LogP contribution in [0.4, 0.5) is 5.95 Å². The summed E-state index contributed by atoms with van der Waals surface area (Å²) in [6, 6.07) is 26.5. The molecule has 8 heteroatoms. The molecule has 0 aliphatic carbocycles. The van der Waals surface area contributed by atoms with Crippen molar-refractivity contribution in [3.05, 3.63) is 96.6 Å². The van der Waals surface area contributed by atoms with Crippen molar-refractivity contribution in [1.29, 1.82) is 0 Å². The summed E-state index contributed by atoms with van der Waals surface area (Å²) in [5.41, 5.74) is 2.31. The number of para-hydroxylation sites is 1. The van der Waals surface area contributed by atoms with E-state index in [4.69, 9.17) is 9.47 Å². The van der Waals surface area contributed by atoms with Gasteiger partial charge in [0.2, 0.25) is 11.8 Å². The molecule has 3 aromatic carbocycles. The lowest BCUT2D eigenvalue weighted by Crippen LogP contribution is -2.15. The van der Waals surface area contributed by atoms with Crippen molar-refractivity contribution in [2.24, 2.45) is 0 Å². The third kappa shape index (κ3) is 5.29. The third-order valence-electron chi connectivity index (χ3n) is 4.51. The van der Waals surface area contributed by atoms with Crippen molar-refractivity contribution < 1.29 is 17.9 Å². The summed E-state index contributed by atoms with van der Waals surface area (Å²) in [6.07, 6.45) is 0. The van der Waals surface area contributed by atoms with Crippen LogP contribution < -0.4 is 9.46 Å². The molecule has 1 N–H and O–H groups in total. The van der Waals surface area contributed by atoms with E-state index in [0.717, 1.165) is 11.1 Å². The minimum absolute atomic E-state index is 0.0850. The molecular formula is C24H21N3O4S. The van der Waals surface area contributed by atoms with Crippen molar-refractivity contribution >= 4 is 16.0 Å². The molecule has 4 rings (SSSR count). The third-order valence-corrected chi connectivity index (χ3v) is 5.85. The minimum Gasteiger partial charge on any atom is -0.439 e. The molecule has 32 heavy (non-hydrogen) atoms. The monoisotopic (exact) mass is 447 g/mol. The number of hydrogen-bond acceptors (Lipinski definition) is 6. The van der Waals surface area contributed by atoms with Gasteiger partial charge < -0.3 is 9.47 Å². The van der Waals surface area contributed by atoms with Crippen LogP contribution in [0.3, 0.4) is 0 Å². The number of methoxy groups -OCH3 is 1. The number of ether oxygens (including phenoxy) is 2. The lowest BCUT2D eigenvalue weighted by Gasteiger charge is -2.12. The number of anilines is 1. The van der Waals surface area contributed by atoms with Crippen LogP contribution in [0.25, 0.3) is 11.3 Å². The minimum atomic E-state index is -3.86. The van der Waals surface area contributed by atoms with E-state index in [9.17, 15) is 8.42 Å². The quantitative estimate of drug-likeness (QED) is 0.414. The first kappa shape index (κ1) is 21.5. The van der Waals surface area contributed by atoms with E-state index >= 15 is 0 Å². The highest BCUT2D eigenvalue weighted by atomic mass is 32.2. The highest BCUT2D eigenvalue weighted by Crippen LogP contribution is 2.27. The molecule has 0 fully saturated rings. The maximum atomic E-state index is 12.8. The van der Waals surface area contributed by atoms with Gasteiger partial charge in [-0.2, -0.15) is 4.98 Å². The highest BCUT2D eigenvalue weighted by Gasteiger charge is 2.17. The molecule has 0 bridgehead atoms. The Kier molecular flexibility index (Phi) is 6.44. The fraction of sp³-hybridized carbons (Fsp3) is 0.0833. The van der Waals surface area contributed by atoms with E-state index < -0.39 is 10.0 Å². The molecule has 0 aliphatic rings. The van der Waals surface area contributed by atoms with E-state index in [1.807, 2.05) is 42.5 Å². The van der Waals surface area contributed by atoms with Gasteiger partial charge in [-0.3, -0.25) is 0 Å². The van der Waals surface area contributed by atoms with E-state index in [-0.39, 0.29) is 16.7 Å². The molecule has 0 saturated carbocycles. The molecule has 7 nitrogen and oxygen atoms in total. The molecule has 162 valence electrons. The second-order valence-corrected chi connectivity index (χ2v) is 8.56. The fourth-order valence-electron chi connectivity index (χ4n) is 3.00. The lowest BCUT2D eigenvalue weighted by molar-refractivity contribution is 0.185. The van der Waals surface area contributed by atoms with Crippen molar-refractivity contribution in [3.8, 4) is 22.9 Å². The molecule has 0 amide bonds. The van der Waals surface area contributed by atoms with E-state index in [1.54, 1.807) is 43.5 Å². The predicted octanol–water partition coefficient (Wildman–Crippen LogP) is 4.88. The van der Waals surface area contributed by atoms with Crippen molar-refractivity contribution in [3.63, 3.8) is 0 Å². The van der Waals surface area contributed by atoms with E-state index in [2.05, 4.69) is 14.7 Å². The largest absolute Gasteiger partial charge is 0.439 e. The first-order chi connectivity index (χ1) is 15.5. The number of nitrogens with zero attached hydrogens (tertiary/aromatic N) is 2. The summed E-state index contributed by atoms with van der Waals surface area (Å²) >= 11 is 0. The van der Waals surface area contributed by atoms with Gasteiger partial charge in [-0.05, 0) is 29.8 Å². The normalized spacial score (nSPS) is 11.2. The van der Waals surface area contributed by atoms with Gasteiger partial charge in [-0.25, -0.2) is 18.1 Å². The zero-order chi connectivity index (χ0) is 22.4. The van der Waals surface area contributed by atoms with E-state index in [1.165, 1.54) is 12.1 Å². The topological polar surface area (TPSA) is 90.4 Å². The van der Waals surface area contributed by atoms with Crippen LogP contribution >= 0.6 is 0 Å². The molecule has 0 spiro atoms. The van der Waals surface area contributed by atoms with Crippen LogP contribution in [0.2, 0.25) is 0 Å². The maximum absolute atomic E-state index is 12.8. The number of benzene rings is 3. The van der Waals surface area contributed by atoms with Crippen LogP contribution in [0.1, 0.15) is 5.56 Å². The Balaban J connectivity index is 1.71. The Morgan fingerprint density at radius 1 is 0.844 bits per heavy atom. The van der Waals surface area contributed by atoms with Crippen molar-refractivity contribution in [1.82, 2.24) is 9.97 Å². The van der Waals surface area contributed by atoms with Gasteiger partial charge in [0, 0.05) is 18.7 Å². The summed E-state index contributed by atoms with van der Waals surface area (Å²) in [4.78, 5) is 8.80. The van der Waals surface area contributed by atoms with Gasteiger partial charge in [0.15, 0.2) is 0 Å². The lowest BCUT2D eigenvalue weighted by atomic mass is 10.1. The Hall–Kier alpha value is -3.75. The van der Waals surface area contributed by atoms with Crippen LogP contribution in [0.5, 0.6) is 11.6 Å². The first-order valence-electron chi connectivity index (χ1n) is 9.81. The molecule has 1 heterocycles. The average Bonchev–Trinajstić information content (AvgIpc) is 2.81. The van der Waals surface area contributed by atoms with Gasteiger partial charge in [-0.1, -0.05) is 60.7 Å². The fourth-order valence-corrected chi connectivity index (χ4v) is 3.96. The summed E-state index contributed by atoms with van der Waals surface area (Å²) in [6.45, 7) is 0.495. The maximum Gasteiger partial charge on any atom is 0.264 e. The summed E-state index contributed by atoms with van der Waals surface area (Å²) < 4.78 is 39.0. The predicted molar refractivity (Wildman–Crippen MR) is 122 cm³/mol. The Morgan fingerprint density at radius 2 is 1.50 bits per heavy atom. The molecule has 0 atom stereocenters. The standard InChI is InChI=1S/C24H21N3O4S/c1-30-17-18-12-14-19(15-13-18)22-16-23(31-20-8-4-2-5-9-20)26-24(25-22)27-32(28,29)21-10-6-3-7-11-21/h2-16H,17H2,1H3,(H,25,26,27). The van der Waals surface area contributed by atoms with Crippen LogP contribution in [-0.4, -0.2) is 25.5 Å². The molecule has 0 radical (unpaired) electrons. The van der Waals surface area contributed by atoms with Gasteiger partial charge in [0.25, 0.3) is 10.0 Å². The molecule has 0 unspecified atom stereocenters. The number of nitrogens with one attached hydrogen (secondary N) is 1. The number of sulfonamides is 1. The molecule has 0 saturated heterocycles. The van der Waals surface area contributed by atoms with Gasteiger partial charge >= 0.3 is 0 Å². The Morgan fingerprint density at radius 3 is 2.16 bits per heavy atom. The van der Waals surface area contributed by atoms with Crippen molar-refractivity contribution in [2.45, 2.75) is 11.5 Å². The van der Waals surface area contributed by atoms with Gasteiger partial charge in [-0.15, -0.1) is 0 Å². The summed E-state index contributed by atoms with van der Waals surface area (Å²) in [5, 5.41) is 0. The smallest absolute Gasteiger partial charge is 0.264 e. The van der Waals surface area contributed by atoms with Gasteiger partial charge in [0.1, 0.15) is 5.75 Å². The highest BCUT2D eigenvalue weighted by molar-refractivity contribution is 7.92. The van der Waals surface area contributed by atoms with E-state index in [0.29, 0.717) is 18.1 Å². The number of rotatable bonds is 8. The zero-order valence-corrected chi connectivity index (χ0v) is 18.1. The summed E-state index contributed by atoms with van der Waals surface area (Å²) in [7, 11) is -2.23. The zero-order valence-electron chi connectivity index (χ0n) is 17.3.